The highest BCUT2D eigenvalue weighted by molar-refractivity contribution is 6.44. The summed E-state index contributed by atoms with van der Waals surface area (Å²) in [5.74, 6) is 0. The molecule has 0 heterocycles. The van der Waals surface area contributed by atoms with E-state index < -0.39 is 0 Å². The highest BCUT2D eigenvalue weighted by Gasteiger charge is 2.19. The van der Waals surface area contributed by atoms with E-state index in [9.17, 15) is 0 Å². The molecule has 0 bridgehead atoms. The maximum Gasteiger partial charge on any atom is -0.00139 e. The summed E-state index contributed by atoms with van der Waals surface area (Å²) in [7, 11) is 0. The van der Waals surface area contributed by atoms with Crippen molar-refractivity contribution < 1.29 is 0 Å². The van der Waals surface area contributed by atoms with Crippen molar-refractivity contribution in [2.24, 2.45) is 0 Å². The van der Waals surface area contributed by atoms with Crippen molar-refractivity contribution in [3.63, 3.8) is 0 Å². The van der Waals surface area contributed by atoms with Gasteiger partial charge >= 0.3 is 0 Å². The molecule has 0 radical (unpaired) electrons. The molecule has 174 valence electrons. The lowest BCUT2D eigenvalue weighted by atomic mass is 9.83. The minimum atomic E-state index is 1.31. The molecule has 0 unspecified atom stereocenters. The second-order valence-corrected chi connectivity index (χ2v) is 10.5. The summed E-state index contributed by atoms with van der Waals surface area (Å²) >= 11 is 0. The quantitative estimate of drug-likeness (QED) is 0.150. The van der Waals surface area contributed by atoms with Gasteiger partial charge in [-0.3, -0.25) is 0 Å². The van der Waals surface area contributed by atoms with Crippen LogP contribution in [0.1, 0.15) is 0 Å². The van der Waals surface area contributed by atoms with Crippen LogP contribution in [-0.2, 0) is 0 Å². The third-order valence-electron chi connectivity index (χ3n) is 8.50. The van der Waals surface area contributed by atoms with Crippen molar-refractivity contribution in [3.05, 3.63) is 133 Å². The molecule has 0 aliphatic carbocycles. The second kappa shape index (κ2) is 7.31. The Morgan fingerprint density at radius 2 is 0.368 bits per heavy atom. The summed E-state index contributed by atoms with van der Waals surface area (Å²) in [5, 5.41) is 22.0. The Morgan fingerprint density at radius 3 is 0.553 bits per heavy atom. The minimum Gasteiger partial charge on any atom is -0.0616 e. The van der Waals surface area contributed by atoms with E-state index >= 15 is 0 Å². The van der Waals surface area contributed by atoms with Crippen LogP contribution in [0.15, 0.2) is 133 Å². The Hall–Kier alpha value is -4.94. The number of rotatable bonds is 0. The molecule has 0 aromatic heterocycles. The topological polar surface area (TPSA) is 0 Å². The van der Waals surface area contributed by atoms with Crippen molar-refractivity contribution >= 4 is 86.2 Å². The van der Waals surface area contributed by atoms with Crippen LogP contribution >= 0.6 is 0 Å². The molecular formula is C38H22. The molecule has 10 aromatic rings. The fraction of sp³-hybridized carbons (Fsp3) is 0. The van der Waals surface area contributed by atoms with Crippen LogP contribution in [0.2, 0.25) is 0 Å². The number of fused-ring (bicyclic) bond motifs is 2. The monoisotopic (exact) mass is 478 g/mol. The van der Waals surface area contributed by atoms with Crippen molar-refractivity contribution in [1.82, 2.24) is 0 Å². The lowest BCUT2D eigenvalue weighted by Crippen LogP contribution is -1.91. The molecule has 0 saturated carbocycles. The van der Waals surface area contributed by atoms with E-state index in [1.807, 2.05) is 0 Å². The van der Waals surface area contributed by atoms with Crippen LogP contribution in [0.3, 0.4) is 0 Å². The third kappa shape index (κ3) is 2.64. The number of benzene rings is 10. The van der Waals surface area contributed by atoms with Gasteiger partial charge in [0.1, 0.15) is 0 Å². The fourth-order valence-corrected chi connectivity index (χ4v) is 6.78. The first-order chi connectivity index (χ1) is 18.8. The first-order valence-corrected chi connectivity index (χ1v) is 13.3. The van der Waals surface area contributed by atoms with Crippen molar-refractivity contribution in [2.75, 3.05) is 0 Å². The van der Waals surface area contributed by atoms with Crippen LogP contribution in [0.25, 0.3) is 86.2 Å². The van der Waals surface area contributed by atoms with Gasteiger partial charge in [0.25, 0.3) is 0 Å². The van der Waals surface area contributed by atoms with Crippen molar-refractivity contribution in [1.29, 1.82) is 0 Å². The molecular weight excluding hydrogens is 456 g/mol. The average Bonchev–Trinajstić information content (AvgIpc) is 2.99. The zero-order chi connectivity index (χ0) is 24.8. The van der Waals surface area contributed by atoms with Crippen LogP contribution in [-0.4, -0.2) is 0 Å². The van der Waals surface area contributed by atoms with E-state index in [4.69, 9.17) is 0 Å². The van der Waals surface area contributed by atoms with Gasteiger partial charge in [-0.1, -0.05) is 121 Å². The van der Waals surface area contributed by atoms with Crippen molar-refractivity contribution in [3.8, 4) is 0 Å². The molecule has 0 heteroatoms. The van der Waals surface area contributed by atoms with E-state index in [1.54, 1.807) is 0 Å². The molecule has 0 spiro atoms. The Labute approximate surface area is 219 Å². The number of hydrogen-bond donors (Lipinski definition) is 0. The van der Waals surface area contributed by atoms with Crippen LogP contribution in [0.5, 0.6) is 0 Å². The normalized spacial score (nSPS) is 12.2. The van der Waals surface area contributed by atoms with Gasteiger partial charge in [0, 0.05) is 0 Å². The minimum absolute atomic E-state index is 1.31. The highest BCUT2D eigenvalue weighted by atomic mass is 14.2. The predicted molar refractivity (Wildman–Crippen MR) is 166 cm³/mol. The summed E-state index contributed by atoms with van der Waals surface area (Å²) in [5.41, 5.74) is 0. The molecule has 0 aliphatic heterocycles. The van der Waals surface area contributed by atoms with Crippen LogP contribution in [0, 0.1) is 0 Å². The van der Waals surface area contributed by atoms with Gasteiger partial charge < -0.3 is 0 Å². The Morgan fingerprint density at radius 1 is 0.184 bits per heavy atom. The van der Waals surface area contributed by atoms with E-state index in [0.717, 1.165) is 0 Å². The molecule has 10 rings (SSSR count). The maximum absolute atomic E-state index is 2.27. The first-order valence-electron chi connectivity index (χ1n) is 13.3. The van der Waals surface area contributed by atoms with Crippen LogP contribution < -0.4 is 0 Å². The van der Waals surface area contributed by atoms with Gasteiger partial charge in [0.05, 0.1) is 0 Å². The highest BCUT2D eigenvalue weighted by Crippen LogP contribution is 2.47. The first kappa shape index (κ1) is 20.2. The van der Waals surface area contributed by atoms with E-state index in [0.29, 0.717) is 0 Å². The molecule has 0 nitrogen and oxygen atoms in total. The fourth-order valence-electron chi connectivity index (χ4n) is 6.78. The molecule has 0 fully saturated rings. The summed E-state index contributed by atoms with van der Waals surface area (Å²) in [4.78, 5) is 0. The van der Waals surface area contributed by atoms with Crippen molar-refractivity contribution in [2.45, 2.75) is 0 Å². The number of hydrogen-bond acceptors (Lipinski definition) is 0. The molecule has 10 aromatic carbocycles. The Bertz CT molecular complexity index is 1940. The van der Waals surface area contributed by atoms with E-state index in [1.165, 1.54) is 86.2 Å². The zero-order valence-corrected chi connectivity index (χ0v) is 20.7. The lowest BCUT2D eigenvalue weighted by Gasteiger charge is -2.20. The third-order valence-corrected chi connectivity index (χ3v) is 8.50. The zero-order valence-electron chi connectivity index (χ0n) is 20.7. The SMILES string of the molecule is c1cc2ccc3ccc4ccc5ccc6ccc1c1c2c3c4c5c61.c1ccc2cc3ccccc3cc2c1. The smallest absolute Gasteiger partial charge is 0.00139 e. The standard InChI is InChI=1S/C24H12.C14H10/c1-2-14-5-6-16-9-11-18-12-10-17-8-7-15-4-3-13(1)19-20(14)22(16)24(18)23(17)21(15)19;1-2-6-12-10-14-8-4-3-7-13(14)9-11(12)5-1/h1-12H;1-10H. The maximum atomic E-state index is 2.27. The molecule has 38 heavy (non-hydrogen) atoms. The van der Waals surface area contributed by atoms with Gasteiger partial charge in [-0.15, -0.1) is 0 Å². The van der Waals surface area contributed by atoms with Gasteiger partial charge in [-0.25, -0.2) is 0 Å². The summed E-state index contributed by atoms with van der Waals surface area (Å²) in [6, 6.07) is 48.7. The van der Waals surface area contributed by atoms with Gasteiger partial charge in [-0.2, -0.15) is 0 Å². The molecule has 0 N–H and O–H groups in total. The Kier molecular flexibility index (Phi) is 3.88. The second-order valence-electron chi connectivity index (χ2n) is 10.5. The Balaban J connectivity index is 0.000000129. The predicted octanol–water partition coefficient (Wildman–Crippen LogP) is 10.9. The van der Waals surface area contributed by atoms with Gasteiger partial charge in [0.15, 0.2) is 0 Å². The molecule has 0 amide bonds. The van der Waals surface area contributed by atoms with Crippen LogP contribution in [0.4, 0.5) is 0 Å². The van der Waals surface area contributed by atoms with E-state index in [-0.39, 0.29) is 0 Å². The summed E-state index contributed by atoms with van der Waals surface area (Å²) in [6.45, 7) is 0. The summed E-state index contributed by atoms with van der Waals surface area (Å²) in [6.07, 6.45) is 0. The summed E-state index contributed by atoms with van der Waals surface area (Å²) < 4.78 is 0. The molecule has 0 aliphatic rings. The lowest BCUT2D eigenvalue weighted by molar-refractivity contribution is 1.76. The molecule has 0 atom stereocenters. The van der Waals surface area contributed by atoms with Gasteiger partial charge in [0.2, 0.25) is 0 Å². The average molecular weight is 479 g/mol. The van der Waals surface area contributed by atoms with E-state index in [2.05, 4.69) is 133 Å². The largest absolute Gasteiger partial charge is 0.0616 e. The molecule has 0 saturated heterocycles. The van der Waals surface area contributed by atoms with Gasteiger partial charge in [-0.05, 0) is 98.3 Å².